The zero-order chi connectivity index (χ0) is 21.7. The molecule has 5 heteroatoms. The van der Waals surface area contributed by atoms with Crippen molar-refractivity contribution in [3.8, 4) is 0 Å². The van der Waals surface area contributed by atoms with E-state index in [0.29, 0.717) is 11.3 Å². The highest BCUT2D eigenvalue weighted by atomic mass is 16.5. The van der Waals surface area contributed by atoms with Crippen LogP contribution in [0.25, 0.3) is 0 Å². The number of para-hydroxylation sites is 2. The summed E-state index contributed by atoms with van der Waals surface area (Å²) in [5.74, 6) is -0.930. The number of rotatable bonds is 6. The normalized spacial score (nSPS) is 10.4. The molecule has 0 aliphatic carbocycles. The van der Waals surface area contributed by atoms with Gasteiger partial charge in [-0.15, -0.1) is 0 Å². The average molecular weight is 402 g/mol. The minimum Gasteiger partial charge on any atom is -0.452 e. The molecular weight excluding hydrogens is 376 g/mol. The molecule has 0 saturated carbocycles. The third-order valence-electron chi connectivity index (χ3n) is 5.10. The van der Waals surface area contributed by atoms with Gasteiger partial charge in [-0.1, -0.05) is 42.5 Å². The topological polar surface area (TPSA) is 67.4 Å². The van der Waals surface area contributed by atoms with Gasteiger partial charge in [0.15, 0.2) is 6.61 Å². The van der Waals surface area contributed by atoms with Crippen molar-refractivity contribution in [3.05, 3.63) is 88.5 Å². The summed E-state index contributed by atoms with van der Waals surface area (Å²) in [4.78, 5) is 25.0. The lowest BCUT2D eigenvalue weighted by molar-refractivity contribution is -0.119. The maximum atomic E-state index is 12.7. The van der Waals surface area contributed by atoms with Gasteiger partial charge in [0.25, 0.3) is 5.91 Å². The first-order valence-electron chi connectivity index (χ1n) is 9.82. The van der Waals surface area contributed by atoms with Crippen LogP contribution >= 0.6 is 0 Å². The van der Waals surface area contributed by atoms with Crippen molar-refractivity contribution in [2.45, 2.75) is 27.7 Å². The Balaban J connectivity index is 1.69. The average Bonchev–Trinajstić information content (AvgIpc) is 2.73. The minimum atomic E-state index is -0.555. The Bertz CT molecular complexity index is 1070. The van der Waals surface area contributed by atoms with E-state index < -0.39 is 5.97 Å². The largest absolute Gasteiger partial charge is 0.452 e. The molecule has 0 aromatic heterocycles. The van der Waals surface area contributed by atoms with Crippen molar-refractivity contribution in [1.29, 1.82) is 0 Å². The molecule has 154 valence electrons. The first-order valence-corrected chi connectivity index (χ1v) is 9.82. The molecule has 2 N–H and O–H groups in total. The number of nitrogens with one attached hydrogen (secondary N) is 2. The molecule has 0 aliphatic rings. The van der Waals surface area contributed by atoms with E-state index in [0.717, 1.165) is 33.6 Å². The highest BCUT2D eigenvalue weighted by Gasteiger charge is 2.16. The highest BCUT2D eigenvalue weighted by molar-refractivity contribution is 5.99. The number of carbonyl (C=O) groups excluding carboxylic acids is 2. The van der Waals surface area contributed by atoms with E-state index in [-0.39, 0.29) is 12.5 Å². The molecule has 0 heterocycles. The number of carbonyl (C=O) groups is 2. The smallest absolute Gasteiger partial charge is 0.340 e. The first kappa shape index (κ1) is 21.1. The molecule has 0 atom stereocenters. The van der Waals surface area contributed by atoms with Gasteiger partial charge in [0.1, 0.15) is 0 Å². The van der Waals surface area contributed by atoms with Crippen LogP contribution in [0.5, 0.6) is 0 Å². The van der Waals surface area contributed by atoms with Crippen LogP contribution in [0.15, 0.2) is 60.7 Å². The summed E-state index contributed by atoms with van der Waals surface area (Å²) < 4.78 is 5.28. The molecule has 3 aromatic carbocycles. The van der Waals surface area contributed by atoms with E-state index >= 15 is 0 Å². The van der Waals surface area contributed by atoms with Crippen molar-refractivity contribution >= 4 is 28.9 Å². The molecule has 0 aliphatic heterocycles. The van der Waals surface area contributed by atoms with Gasteiger partial charge in [0.2, 0.25) is 0 Å². The number of ether oxygens (including phenoxy) is 1. The predicted octanol–water partition coefficient (Wildman–Crippen LogP) is 5.46. The fourth-order valence-corrected chi connectivity index (χ4v) is 3.20. The Morgan fingerprint density at radius 1 is 0.767 bits per heavy atom. The van der Waals surface area contributed by atoms with Gasteiger partial charge < -0.3 is 15.4 Å². The number of anilines is 3. The summed E-state index contributed by atoms with van der Waals surface area (Å²) in [6.45, 7) is 7.55. The van der Waals surface area contributed by atoms with Crippen LogP contribution in [0.2, 0.25) is 0 Å². The molecule has 0 fully saturated rings. The Morgan fingerprint density at radius 3 is 2.10 bits per heavy atom. The number of amides is 1. The van der Waals surface area contributed by atoms with Crippen molar-refractivity contribution in [1.82, 2.24) is 0 Å². The minimum absolute atomic E-state index is 0.357. The molecule has 1 amide bonds. The maximum Gasteiger partial charge on any atom is 0.340 e. The van der Waals surface area contributed by atoms with Gasteiger partial charge in [-0.2, -0.15) is 0 Å². The second kappa shape index (κ2) is 9.27. The predicted molar refractivity (Wildman–Crippen MR) is 120 cm³/mol. The Kier molecular flexibility index (Phi) is 6.52. The molecule has 0 spiro atoms. The summed E-state index contributed by atoms with van der Waals surface area (Å²) in [7, 11) is 0. The Hall–Kier alpha value is -3.60. The number of esters is 1. The van der Waals surface area contributed by atoms with Crippen LogP contribution in [0.3, 0.4) is 0 Å². The van der Waals surface area contributed by atoms with Crippen LogP contribution in [-0.2, 0) is 9.53 Å². The summed E-state index contributed by atoms with van der Waals surface area (Å²) in [5.41, 5.74) is 6.84. The van der Waals surface area contributed by atoms with Gasteiger partial charge in [-0.3, -0.25) is 4.79 Å². The van der Waals surface area contributed by atoms with Crippen molar-refractivity contribution in [2.75, 3.05) is 17.2 Å². The van der Waals surface area contributed by atoms with Gasteiger partial charge >= 0.3 is 5.97 Å². The molecule has 3 aromatic rings. The van der Waals surface area contributed by atoms with E-state index in [1.165, 1.54) is 0 Å². The summed E-state index contributed by atoms with van der Waals surface area (Å²) in [6, 6.07) is 18.8. The van der Waals surface area contributed by atoms with E-state index in [9.17, 15) is 9.59 Å². The van der Waals surface area contributed by atoms with Crippen LogP contribution in [-0.4, -0.2) is 18.5 Å². The van der Waals surface area contributed by atoms with Gasteiger partial charge in [0.05, 0.1) is 11.3 Å². The third-order valence-corrected chi connectivity index (χ3v) is 5.10. The van der Waals surface area contributed by atoms with E-state index in [1.54, 1.807) is 12.1 Å². The van der Waals surface area contributed by atoms with Crippen molar-refractivity contribution in [2.24, 2.45) is 0 Å². The van der Waals surface area contributed by atoms with Gasteiger partial charge in [-0.05, 0) is 68.1 Å². The van der Waals surface area contributed by atoms with E-state index in [4.69, 9.17) is 4.74 Å². The highest BCUT2D eigenvalue weighted by Crippen LogP contribution is 2.26. The quantitative estimate of drug-likeness (QED) is 0.537. The molecule has 5 nitrogen and oxygen atoms in total. The Morgan fingerprint density at radius 2 is 1.37 bits per heavy atom. The molecule has 0 bridgehead atoms. The molecule has 0 saturated heterocycles. The van der Waals surface area contributed by atoms with Crippen molar-refractivity contribution in [3.63, 3.8) is 0 Å². The zero-order valence-corrected chi connectivity index (χ0v) is 17.7. The number of hydrogen-bond donors (Lipinski definition) is 2. The second-order valence-corrected chi connectivity index (χ2v) is 7.31. The van der Waals surface area contributed by atoms with E-state index in [2.05, 4.69) is 10.6 Å². The lowest BCUT2D eigenvalue weighted by Crippen LogP contribution is -2.22. The molecule has 0 radical (unpaired) electrons. The standard InChI is InChI=1S/C25H26N2O3/c1-16-9-8-14-21(19(16)4)26-22-13-6-5-12-20(22)25(29)30-15-23(28)27-24-17(2)10-7-11-18(24)3/h5-14,26H,15H2,1-4H3,(H,27,28). The summed E-state index contributed by atoms with van der Waals surface area (Å²) in [5, 5.41) is 6.13. The molecular formula is C25H26N2O3. The monoisotopic (exact) mass is 402 g/mol. The van der Waals surface area contributed by atoms with E-state index in [1.807, 2.05) is 76.2 Å². The van der Waals surface area contributed by atoms with Crippen LogP contribution in [0, 0.1) is 27.7 Å². The number of aryl methyl sites for hydroxylation is 3. The SMILES string of the molecule is Cc1cccc(Nc2ccccc2C(=O)OCC(=O)Nc2c(C)cccc2C)c1C. The fraction of sp³-hybridized carbons (Fsp3) is 0.200. The van der Waals surface area contributed by atoms with Crippen LogP contribution in [0.1, 0.15) is 32.6 Å². The lowest BCUT2D eigenvalue weighted by atomic mass is 10.1. The fourth-order valence-electron chi connectivity index (χ4n) is 3.20. The van der Waals surface area contributed by atoms with Crippen molar-refractivity contribution < 1.29 is 14.3 Å². The lowest BCUT2D eigenvalue weighted by Gasteiger charge is -2.15. The molecule has 3 rings (SSSR count). The number of hydrogen-bond acceptors (Lipinski definition) is 4. The number of benzene rings is 3. The van der Waals surface area contributed by atoms with Crippen LogP contribution in [0.4, 0.5) is 17.1 Å². The van der Waals surface area contributed by atoms with Gasteiger partial charge in [0, 0.05) is 11.4 Å². The Labute approximate surface area is 177 Å². The maximum absolute atomic E-state index is 12.7. The van der Waals surface area contributed by atoms with Crippen LogP contribution < -0.4 is 10.6 Å². The third kappa shape index (κ3) is 4.87. The first-order chi connectivity index (χ1) is 14.4. The van der Waals surface area contributed by atoms with Gasteiger partial charge in [-0.25, -0.2) is 4.79 Å². The second-order valence-electron chi connectivity index (χ2n) is 7.31. The molecule has 30 heavy (non-hydrogen) atoms. The summed E-state index contributed by atoms with van der Waals surface area (Å²) in [6.07, 6.45) is 0. The zero-order valence-electron chi connectivity index (χ0n) is 17.7. The summed E-state index contributed by atoms with van der Waals surface area (Å²) >= 11 is 0. The molecule has 0 unspecified atom stereocenters.